The van der Waals surface area contributed by atoms with Crippen molar-refractivity contribution in [1.29, 1.82) is 0 Å². The lowest BCUT2D eigenvalue weighted by Gasteiger charge is -2.25. The molecule has 4 rings (SSSR count). The van der Waals surface area contributed by atoms with Crippen LogP contribution >= 0.6 is 0 Å². The van der Waals surface area contributed by atoms with Crippen molar-refractivity contribution in [3.8, 4) is 11.5 Å². The van der Waals surface area contributed by atoms with Gasteiger partial charge in [0.05, 0.1) is 25.3 Å². The summed E-state index contributed by atoms with van der Waals surface area (Å²) in [7, 11) is 1.52. The molecule has 1 aliphatic rings. The van der Waals surface area contributed by atoms with Gasteiger partial charge in [-0.1, -0.05) is 43.7 Å². The Kier molecular flexibility index (Phi) is 7.45. The molecule has 1 aromatic heterocycles. The Hall–Kier alpha value is -4.13. The van der Waals surface area contributed by atoms with Crippen LogP contribution in [0.25, 0.3) is 5.76 Å². The molecule has 2 heterocycles. The molecule has 180 valence electrons. The number of nitrogens with zero attached hydrogens (tertiary/aromatic N) is 2. The van der Waals surface area contributed by atoms with E-state index in [0.29, 0.717) is 29.2 Å². The number of hydrogen-bond acceptors (Lipinski definition) is 6. The summed E-state index contributed by atoms with van der Waals surface area (Å²) in [5.41, 5.74) is 1.90. The summed E-state index contributed by atoms with van der Waals surface area (Å²) in [6, 6.07) is 16.9. The van der Waals surface area contributed by atoms with Crippen LogP contribution in [0, 0.1) is 0 Å². The molecule has 1 amide bonds. The van der Waals surface area contributed by atoms with E-state index in [1.807, 2.05) is 30.3 Å². The van der Waals surface area contributed by atoms with Crippen molar-refractivity contribution in [1.82, 2.24) is 9.88 Å². The van der Waals surface area contributed by atoms with Crippen LogP contribution in [-0.2, 0) is 16.1 Å². The Labute approximate surface area is 204 Å². The zero-order valence-electron chi connectivity index (χ0n) is 19.8. The number of carbonyl (C=O) groups is 2. The van der Waals surface area contributed by atoms with Gasteiger partial charge in [-0.05, 0) is 47.9 Å². The number of unbranched alkanes of at least 4 members (excludes halogenated alkanes) is 1. The second kappa shape index (κ2) is 10.9. The molecule has 7 nitrogen and oxygen atoms in total. The number of amides is 1. The third kappa shape index (κ3) is 5.19. The van der Waals surface area contributed by atoms with Crippen LogP contribution in [0.4, 0.5) is 0 Å². The molecule has 2 aromatic carbocycles. The van der Waals surface area contributed by atoms with Crippen LogP contribution < -0.4 is 9.47 Å². The van der Waals surface area contributed by atoms with E-state index in [-0.39, 0.29) is 17.9 Å². The van der Waals surface area contributed by atoms with E-state index in [2.05, 4.69) is 11.9 Å². The highest BCUT2D eigenvalue weighted by molar-refractivity contribution is 6.46. The van der Waals surface area contributed by atoms with Gasteiger partial charge in [-0.15, -0.1) is 0 Å². The minimum atomic E-state index is -0.772. The molecule has 1 aliphatic heterocycles. The molecule has 0 radical (unpaired) electrons. The number of hydrogen-bond donors (Lipinski definition) is 1. The first-order chi connectivity index (χ1) is 17.0. The largest absolute Gasteiger partial charge is 0.507 e. The number of methoxy groups -OCH3 is 1. The van der Waals surface area contributed by atoms with E-state index >= 15 is 0 Å². The third-order valence-corrected chi connectivity index (χ3v) is 5.92. The zero-order valence-corrected chi connectivity index (χ0v) is 19.8. The number of ether oxygens (including phenoxy) is 2. The Morgan fingerprint density at radius 1 is 1.06 bits per heavy atom. The number of rotatable bonds is 9. The van der Waals surface area contributed by atoms with Crippen LogP contribution in [0.15, 0.2) is 78.6 Å². The molecule has 1 unspecified atom stereocenters. The van der Waals surface area contributed by atoms with Gasteiger partial charge in [0.2, 0.25) is 0 Å². The minimum Gasteiger partial charge on any atom is -0.507 e. The molecule has 3 aromatic rings. The average molecular weight is 473 g/mol. The van der Waals surface area contributed by atoms with E-state index in [1.54, 1.807) is 42.7 Å². The van der Waals surface area contributed by atoms with Gasteiger partial charge in [-0.3, -0.25) is 14.6 Å². The lowest BCUT2D eigenvalue weighted by Crippen LogP contribution is -2.29. The number of likely N-dealkylation sites (tertiary alicyclic amines) is 1. The quantitative estimate of drug-likeness (QED) is 0.206. The fourth-order valence-electron chi connectivity index (χ4n) is 4.08. The highest BCUT2D eigenvalue weighted by Crippen LogP contribution is 2.41. The minimum absolute atomic E-state index is 0.0341. The van der Waals surface area contributed by atoms with Gasteiger partial charge >= 0.3 is 0 Å². The second-order valence-electron chi connectivity index (χ2n) is 8.29. The van der Waals surface area contributed by atoms with Gasteiger partial charge in [-0.25, -0.2) is 0 Å². The number of ketones is 1. The van der Waals surface area contributed by atoms with Crippen molar-refractivity contribution in [2.24, 2.45) is 0 Å². The predicted octanol–water partition coefficient (Wildman–Crippen LogP) is 4.89. The maximum atomic E-state index is 13.2. The van der Waals surface area contributed by atoms with Gasteiger partial charge in [0.25, 0.3) is 11.7 Å². The lowest BCUT2D eigenvalue weighted by molar-refractivity contribution is -0.140. The maximum Gasteiger partial charge on any atom is 0.295 e. The summed E-state index contributed by atoms with van der Waals surface area (Å²) < 4.78 is 11.0. The highest BCUT2D eigenvalue weighted by atomic mass is 16.5. The molecule has 1 fully saturated rings. The van der Waals surface area contributed by atoms with Crippen molar-refractivity contribution in [2.75, 3.05) is 13.7 Å². The first kappa shape index (κ1) is 24.0. The van der Waals surface area contributed by atoms with Crippen molar-refractivity contribution in [2.45, 2.75) is 32.4 Å². The number of aromatic nitrogens is 1. The van der Waals surface area contributed by atoms with E-state index in [0.717, 1.165) is 18.4 Å². The van der Waals surface area contributed by atoms with Crippen molar-refractivity contribution in [3.63, 3.8) is 0 Å². The smallest absolute Gasteiger partial charge is 0.295 e. The highest BCUT2D eigenvalue weighted by Gasteiger charge is 2.46. The van der Waals surface area contributed by atoms with Crippen molar-refractivity contribution in [3.05, 3.63) is 95.3 Å². The lowest BCUT2D eigenvalue weighted by atomic mass is 9.95. The van der Waals surface area contributed by atoms with Gasteiger partial charge in [0.1, 0.15) is 17.3 Å². The molecule has 0 saturated carbocycles. The van der Waals surface area contributed by atoms with Crippen LogP contribution in [0.5, 0.6) is 11.5 Å². The Morgan fingerprint density at radius 3 is 2.54 bits per heavy atom. The normalized spacial score (nSPS) is 17.0. The molecule has 1 saturated heterocycles. The van der Waals surface area contributed by atoms with Crippen LogP contribution in [0.1, 0.15) is 42.5 Å². The summed E-state index contributed by atoms with van der Waals surface area (Å²) in [6.07, 6.45) is 5.29. The Balaban J connectivity index is 1.77. The number of aliphatic hydroxyl groups is 1. The molecule has 0 bridgehead atoms. The molecule has 1 atom stereocenters. The molecule has 35 heavy (non-hydrogen) atoms. The molecule has 0 aliphatic carbocycles. The fourth-order valence-corrected chi connectivity index (χ4v) is 4.08. The van der Waals surface area contributed by atoms with E-state index in [1.165, 1.54) is 12.0 Å². The summed E-state index contributed by atoms with van der Waals surface area (Å²) in [5, 5.41) is 11.2. The predicted molar refractivity (Wildman–Crippen MR) is 132 cm³/mol. The molecule has 1 N–H and O–H groups in total. The number of carbonyl (C=O) groups excluding carboxylic acids is 2. The fraction of sp³-hybridized carbons (Fsp3) is 0.250. The summed E-state index contributed by atoms with van der Waals surface area (Å²) >= 11 is 0. The van der Waals surface area contributed by atoms with Crippen LogP contribution in [0.3, 0.4) is 0 Å². The Morgan fingerprint density at radius 2 is 1.86 bits per heavy atom. The molecule has 7 heteroatoms. The van der Waals surface area contributed by atoms with Crippen LogP contribution in [0.2, 0.25) is 0 Å². The zero-order chi connectivity index (χ0) is 24.8. The summed E-state index contributed by atoms with van der Waals surface area (Å²) in [4.78, 5) is 32.0. The monoisotopic (exact) mass is 472 g/mol. The number of benzene rings is 2. The van der Waals surface area contributed by atoms with Crippen molar-refractivity contribution >= 4 is 17.4 Å². The topological polar surface area (TPSA) is 89.0 Å². The number of Topliss-reactive ketones (excluding diaryl/α,β-unsaturated/α-hetero) is 1. The van der Waals surface area contributed by atoms with E-state index in [9.17, 15) is 14.7 Å². The van der Waals surface area contributed by atoms with E-state index < -0.39 is 17.7 Å². The van der Waals surface area contributed by atoms with Gasteiger partial charge in [0, 0.05) is 24.5 Å². The van der Waals surface area contributed by atoms with Gasteiger partial charge < -0.3 is 19.5 Å². The first-order valence-corrected chi connectivity index (χ1v) is 11.6. The number of aliphatic hydroxyl groups excluding tert-OH is 1. The van der Waals surface area contributed by atoms with Gasteiger partial charge in [-0.2, -0.15) is 0 Å². The molecular weight excluding hydrogens is 444 g/mol. The first-order valence-electron chi connectivity index (χ1n) is 11.6. The maximum absolute atomic E-state index is 13.2. The SMILES string of the molecule is CCCCOc1ccc(C2C(=C(O)c3cccc(OC)c3)C(=O)C(=O)N2Cc2cccnc2)cc1. The van der Waals surface area contributed by atoms with Gasteiger partial charge in [0.15, 0.2) is 0 Å². The Bertz CT molecular complexity index is 1220. The van der Waals surface area contributed by atoms with E-state index in [4.69, 9.17) is 9.47 Å². The third-order valence-electron chi connectivity index (χ3n) is 5.92. The second-order valence-corrected chi connectivity index (χ2v) is 8.29. The average Bonchev–Trinajstić information content (AvgIpc) is 3.14. The summed E-state index contributed by atoms with van der Waals surface area (Å²) in [5.74, 6) is -0.416. The molecular formula is C28H28N2O5. The number of pyridine rings is 1. The van der Waals surface area contributed by atoms with Crippen LogP contribution in [-0.4, -0.2) is 40.4 Å². The molecule has 0 spiro atoms. The summed E-state index contributed by atoms with van der Waals surface area (Å²) in [6.45, 7) is 2.89. The van der Waals surface area contributed by atoms with Crippen molar-refractivity contribution < 1.29 is 24.2 Å². The standard InChI is InChI=1S/C28H28N2O5/c1-3-4-15-35-22-12-10-20(11-13-22)25-24(26(31)21-8-5-9-23(16-21)34-2)27(32)28(33)30(25)18-19-7-6-14-29-17-19/h5-14,16-17,25,31H,3-4,15,18H2,1-2H3.